The Balaban J connectivity index is 0.00000208. The summed E-state index contributed by atoms with van der Waals surface area (Å²) in [7, 11) is 0. The Morgan fingerprint density at radius 2 is 2.00 bits per heavy atom. The van der Waals surface area contributed by atoms with Crippen LogP contribution in [0.4, 0.5) is 0 Å². The average molecular weight is 450 g/mol. The Labute approximate surface area is 164 Å². The summed E-state index contributed by atoms with van der Waals surface area (Å²) in [5.74, 6) is 1.61. The van der Waals surface area contributed by atoms with Crippen molar-refractivity contribution in [2.75, 3.05) is 26.2 Å². The lowest BCUT2D eigenvalue weighted by Crippen LogP contribution is -2.48. The predicted molar refractivity (Wildman–Crippen MR) is 110 cm³/mol. The number of halogens is 1. The van der Waals surface area contributed by atoms with E-state index < -0.39 is 0 Å². The molecular weight excluding hydrogens is 415 g/mol. The number of hydrogen-bond acceptors (Lipinski definition) is 3. The van der Waals surface area contributed by atoms with Crippen LogP contribution < -0.4 is 10.6 Å². The van der Waals surface area contributed by atoms with E-state index in [2.05, 4.69) is 36.3 Å². The minimum absolute atomic E-state index is 0. The predicted octanol–water partition coefficient (Wildman–Crippen LogP) is 2.60. The second-order valence-corrected chi connectivity index (χ2v) is 7.63. The van der Waals surface area contributed by atoms with E-state index in [1.165, 1.54) is 38.8 Å². The summed E-state index contributed by atoms with van der Waals surface area (Å²) in [5, 5.41) is 7.05. The lowest BCUT2D eigenvalue weighted by molar-refractivity contribution is 0.0992. The van der Waals surface area contributed by atoms with Gasteiger partial charge in [-0.2, -0.15) is 0 Å². The summed E-state index contributed by atoms with van der Waals surface area (Å²) in [5.41, 5.74) is 0. The van der Waals surface area contributed by atoms with Crippen molar-refractivity contribution in [3.8, 4) is 0 Å². The first-order valence-electron chi connectivity index (χ1n) is 9.61. The van der Waals surface area contributed by atoms with Crippen molar-refractivity contribution in [2.24, 2.45) is 10.9 Å². The van der Waals surface area contributed by atoms with Gasteiger partial charge in [-0.05, 0) is 58.0 Å². The number of aliphatic imine (C=N–C) groups is 1. The molecule has 5 nitrogen and oxygen atoms in total. The maximum absolute atomic E-state index is 5.96. The smallest absolute Gasteiger partial charge is 0.191 e. The van der Waals surface area contributed by atoms with E-state index in [1.807, 2.05) is 0 Å². The first kappa shape index (κ1) is 20.2. The minimum Gasteiger partial charge on any atom is -0.373 e. The molecule has 0 aromatic heterocycles. The zero-order chi connectivity index (χ0) is 16.2. The monoisotopic (exact) mass is 450 g/mol. The second kappa shape index (κ2) is 9.57. The normalized spacial score (nSPS) is 31.3. The van der Waals surface area contributed by atoms with Crippen LogP contribution in [0.25, 0.3) is 0 Å². The summed E-state index contributed by atoms with van der Waals surface area (Å²) in [4.78, 5) is 7.55. The number of rotatable bonds is 6. The number of hydrogen-bond donors (Lipinski definition) is 2. The average Bonchev–Trinajstić information content (AvgIpc) is 3.25. The van der Waals surface area contributed by atoms with E-state index >= 15 is 0 Å². The van der Waals surface area contributed by atoms with Gasteiger partial charge >= 0.3 is 0 Å². The van der Waals surface area contributed by atoms with Crippen LogP contribution in [0.5, 0.6) is 0 Å². The standard InChI is InChI=1S/C18H34N4O.HI/c1-4-19-18(21-15-11-14-7-8-17(15)23-14)20-12-16(13(2)3)22-9-5-6-10-22;/h13-17H,4-12H2,1-3H3,(H2,19,20,21);1H. The molecule has 0 saturated carbocycles. The molecule has 0 spiro atoms. The fourth-order valence-corrected chi connectivity index (χ4v) is 4.29. The number of likely N-dealkylation sites (tertiary alicyclic amines) is 1. The highest BCUT2D eigenvalue weighted by Crippen LogP contribution is 2.34. The SMILES string of the molecule is CCNC(=NCC(C(C)C)N1CCCC1)NC1CC2CCC1O2.I. The van der Waals surface area contributed by atoms with Gasteiger partial charge in [-0.3, -0.25) is 9.89 Å². The number of ether oxygens (including phenoxy) is 1. The van der Waals surface area contributed by atoms with E-state index in [1.54, 1.807) is 0 Å². The molecule has 2 N–H and O–H groups in total. The molecule has 140 valence electrons. The molecule has 3 aliphatic rings. The van der Waals surface area contributed by atoms with Crippen LogP contribution in [0, 0.1) is 5.92 Å². The molecule has 0 aromatic rings. The van der Waals surface area contributed by atoms with Crippen LogP contribution in [0.2, 0.25) is 0 Å². The third-order valence-corrected chi connectivity index (χ3v) is 5.59. The maximum atomic E-state index is 5.96. The number of nitrogens with zero attached hydrogens (tertiary/aromatic N) is 2. The fraction of sp³-hybridized carbons (Fsp3) is 0.944. The van der Waals surface area contributed by atoms with E-state index in [4.69, 9.17) is 9.73 Å². The number of guanidine groups is 1. The van der Waals surface area contributed by atoms with Gasteiger partial charge in [0.1, 0.15) is 0 Å². The lowest BCUT2D eigenvalue weighted by atomic mass is 9.96. The molecule has 0 amide bonds. The second-order valence-electron chi connectivity index (χ2n) is 7.63. The Hall–Kier alpha value is -0.0800. The molecule has 2 bridgehead atoms. The minimum atomic E-state index is 0. The van der Waals surface area contributed by atoms with Gasteiger partial charge in [0, 0.05) is 12.6 Å². The zero-order valence-electron chi connectivity index (χ0n) is 15.5. The third kappa shape index (κ3) is 4.97. The highest BCUT2D eigenvalue weighted by Gasteiger charge is 2.41. The van der Waals surface area contributed by atoms with Gasteiger partial charge in [-0.15, -0.1) is 24.0 Å². The fourth-order valence-electron chi connectivity index (χ4n) is 4.29. The van der Waals surface area contributed by atoms with Crippen LogP contribution in [0.1, 0.15) is 52.9 Å². The largest absolute Gasteiger partial charge is 0.373 e. The maximum Gasteiger partial charge on any atom is 0.191 e. The van der Waals surface area contributed by atoms with Gasteiger partial charge in [0.05, 0.1) is 24.8 Å². The van der Waals surface area contributed by atoms with Crippen molar-refractivity contribution >= 4 is 29.9 Å². The van der Waals surface area contributed by atoms with E-state index in [9.17, 15) is 0 Å². The van der Waals surface area contributed by atoms with Gasteiger partial charge < -0.3 is 15.4 Å². The summed E-state index contributed by atoms with van der Waals surface area (Å²) in [6, 6.07) is 1.00. The van der Waals surface area contributed by atoms with Crippen molar-refractivity contribution in [1.29, 1.82) is 0 Å². The van der Waals surface area contributed by atoms with E-state index in [0.29, 0.717) is 30.2 Å². The summed E-state index contributed by atoms with van der Waals surface area (Å²) < 4.78 is 5.96. The topological polar surface area (TPSA) is 48.9 Å². The molecule has 24 heavy (non-hydrogen) atoms. The summed E-state index contributed by atoms with van der Waals surface area (Å²) in [6.07, 6.45) is 7.12. The van der Waals surface area contributed by atoms with Crippen molar-refractivity contribution in [1.82, 2.24) is 15.5 Å². The molecule has 3 saturated heterocycles. The third-order valence-electron chi connectivity index (χ3n) is 5.59. The van der Waals surface area contributed by atoms with Crippen molar-refractivity contribution < 1.29 is 4.74 Å². The van der Waals surface area contributed by atoms with E-state index in [0.717, 1.165) is 25.5 Å². The van der Waals surface area contributed by atoms with Gasteiger partial charge in [0.15, 0.2) is 5.96 Å². The Kier molecular flexibility index (Phi) is 8.07. The molecule has 3 heterocycles. The number of nitrogens with one attached hydrogen (secondary N) is 2. The Morgan fingerprint density at radius 1 is 1.25 bits per heavy atom. The van der Waals surface area contributed by atoms with Crippen molar-refractivity contribution in [2.45, 2.75) is 77.2 Å². The van der Waals surface area contributed by atoms with Crippen molar-refractivity contribution in [3.63, 3.8) is 0 Å². The van der Waals surface area contributed by atoms with Crippen LogP contribution >= 0.6 is 24.0 Å². The quantitative estimate of drug-likeness (QED) is 0.371. The Bertz CT molecular complexity index is 412. The van der Waals surface area contributed by atoms with Gasteiger partial charge in [0.2, 0.25) is 0 Å². The number of fused-ring (bicyclic) bond motifs is 2. The highest BCUT2D eigenvalue weighted by molar-refractivity contribution is 14.0. The van der Waals surface area contributed by atoms with Crippen LogP contribution in [-0.4, -0.2) is 61.3 Å². The zero-order valence-corrected chi connectivity index (χ0v) is 17.8. The molecule has 6 heteroatoms. The van der Waals surface area contributed by atoms with Gasteiger partial charge in [-0.25, -0.2) is 0 Å². The van der Waals surface area contributed by atoms with E-state index in [-0.39, 0.29) is 24.0 Å². The van der Waals surface area contributed by atoms with Crippen LogP contribution in [0.3, 0.4) is 0 Å². The molecular formula is C18H35IN4O. The molecule has 4 unspecified atom stereocenters. The van der Waals surface area contributed by atoms with Crippen LogP contribution in [0.15, 0.2) is 4.99 Å². The molecule has 4 atom stereocenters. The van der Waals surface area contributed by atoms with Crippen molar-refractivity contribution in [3.05, 3.63) is 0 Å². The molecule has 3 fully saturated rings. The lowest BCUT2D eigenvalue weighted by Gasteiger charge is -2.30. The first-order valence-corrected chi connectivity index (χ1v) is 9.61. The van der Waals surface area contributed by atoms with Gasteiger partial charge in [-0.1, -0.05) is 13.8 Å². The molecule has 0 radical (unpaired) electrons. The summed E-state index contributed by atoms with van der Waals surface area (Å²) >= 11 is 0. The van der Waals surface area contributed by atoms with Gasteiger partial charge in [0.25, 0.3) is 0 Å². The van der Waals surface area contributed by atoms with Crippen LogP contribution in [-0.2, 0) is 4.74 Å². The molecule has 0 aromatic carbocycles. The molecule has 0 aliphatic carbocycles. The molecule has 3 rings (SSSR count). The summed E-state index contributed by atoms with van der Waals surface area (Å²) in [6.45, 7) is 11.0. The Morgan fingerprint density at radius 3 is 2.54 bits per heavy atom. The molecule has 3 aliphatic heterocycles. The highest BCUT2D eigenvalue weighted by atomic mass is 127. The first-order chi connectivity index (χ1) is 11.2.